The van der Waals surface area contributed by atoms with Gasteiger partial charge in [-0.3, -0.25) is 9.59 Å². The maximum atomic E-state index is 13.3. The molecule has 0 saturated heterocycles. The first-order valence-electron chi connectivity index (χ1n) is 13.4. The fourth-order valence-corrected chi connectivity index (χ4v) is 6.68. The Bertz CT molecular complexity index is 1080. The van der Waals surface area contributed by atoms with Crippen LogP contribution < -0.4 is 5.32 Å². The monoisotopic (exact) mass is 513 g/mol. The van der Waals surface area contributed by atoms with Gasteiger partial charge in [0.1, 0.15) is 0 Å². The zero-order valence-corrected chi connectivity index (χ0v) is 23.4. The Kier molecular flexibility index (Phi) is 9.90. The third kappa shape index (κ3) is 6.84. The van der Waals surface area contributed by atoms with Crippen LogP contribution in [0.25, 0.3) is 0 Å². The summed E-state index contributed by atoms with van der Waals surface area (Å²) in [5, 5.41) is 21.0. The molecule has 0 saturated carbocycles. The van der Waals surface area contributed by atoms with Crippen molar-refractivity contribution in [3.8, 4) is 0 Å². The summed E-state index contributed by atoms with van der Waals surface area (Å²) in [5.74, 6) is 0.0998. The van der Waals surface area contributed by atoms with Gasteiger partial charge in [0, 0.05) is 17.7 Å². The van der Waals surface area contributed by atoms with Crippen LogP contribution in [0, 0.1) is 12.3 Å². The van der Waals surface area contributed by atoms with E-state index < -0.39 is 6.04 Å². The van der Waals surface area contributed by atoms with Gasteiger partial charge in [-0.2, -0.15) is 0 Å². The number of ketones is 1. The van der Waals surface area contributed by atoms with Gasteiger partial charge in [-0.05, 0) is 90.7 Å². The van der Waals surface area contributed by atoms with Crippen molar-refractivity contribution in [2.45, 2.75) is 98.4 Å². The molecule has 0 spiro atoms. The molecule has 0 atom stereocenters. The first kappa shape index (κ1) is 28.5. The molecule has 1 aliphatic carbocycles. The summed E-state index contributed by atoms with van der Waals surface area (Å²) < 4.78 is 0. The zero-order chi connectivity index (χ0) is 26.5. The van der Waals surface area contributed by atoms with Crippen molar-refractivity contribution >= 4 is 23.0 Å². The minimum atomic E-state index is -0.613. The molecule has 5 nitrogen and oxygen atoms in total. The van der Waals surface area contributed by atoms with Crippen molar-refractivity contribution in [1.29, 1.82) is 0 Å². The van der Waals surface area contributed by atoms with Gasteiger partial charge < -0.3 is 15.5 Å². The molecule has 198 valence electrons. The van der Waals surface area contributed by atoms with Gasteiger partial charge in [0.15, 0.2) is 5.78 Å². The predicted molar refractivity (Wildman–Crippen MR) is 147 cm³/mol. The van der Waals surface area contributed by atoms with E-state index in [9.17, 15) is 19.8 Å². The van der Waals surface area contributed by atoms with E-state index in [2.05, 4.69) is 52.1 Å². The molecule has 1 aromatic heterocycles. The Balaban J connectivity index is 1.68. The first-order valence-corrected chi connectivity index (χ1v) is 14.2. The number of amides is 1. The van der Waals surface area contributed by atoms with Crippen LogP contribution in [0.15, 0.2) is 12.1 Å². The van der Waals surface area contributed by atoms with Crippen LogP contribution in [0.1, 0.15) is 94.9 Å². The van der Waals surface area contributed by atoms with Crippen LogP contribution in [-0.2, 0) is 43.3 Å². The number of aliphatic hydroxyl groups is 2. The van der Waals surface area contributed by atoms with Crippen molar-refractivity contribution in [2.75, 3.05) is 13.2 Å². The largest absolute Gasteiger partial charge is 0.394 e. The molecule has 0 radical (unpaired) electrons. The number of benzene rings is 1. The van der Waals surface area contributed by atoms with Crippen LogP contribution >= 0.6 is 11.3 Å². The standard InChI is InChI=1S/C30H43NO4S/c1-6-21-15-20(14-19(3)23(21)9-11-28(35)31-22(17-32)18-33)8-10-26(34)29-24-12-13-30(4,5)16-25(24)27(7-2)36-29/h14-15,22,32-33H,6-13,16-18H2,1-5H3,(H,31,35). The number of aryl methyl sites for hydroxylation is 4. The molecular weight excluding hydrogens is 470 g/mol. The van der Waals surface area contributed by atoms with E-state index in [0.29, 0.717) is 24.7 Å². The quantitative estimate of drug-likeness (QED) is 0.352. The fraction of sp³-hybridized carbons (Fsp3) is 0.600. The number of Topliss-reactive ketones (excluding diaryl/α,β-unsaturated/α-hetero) is 1. The average molecular weight is 514 g/mol. The van der Waals surface area contributed by atoms with Crippen molar-refractivity contribution in [3.05, 3.63) is 55.3 Å². The maximum absolute atomic E-state index is 13.3. The summed E-state index contributed by atoms with van der Waals surface area (Å²) in [7, 11) is 0. The van der Waals surface area contributed by atoms with Crippen LogP contribution in [0.3, 0.4) is 0 Å². The number of rotatable bonds is 12. The molecule has 0 unspecified atom stereocenters. The van der Waals surface area contributed by atoms with Crippen molar-refractivity contribution in [2.24, 2.45) is 5.41 Å². The summed E-state index contributed by atoms with van der Waals surface area (Å²) in [5.41, 5.74) is 7.80. The van der Waals surface area contributed by atoms with Crippen LogP contribution in [0.5, 0.6) is 0 Å². The molecule has 0 bridgehead atoms. The Labute approximate surface area is 220 Å². The lowest BCUT2D eigenvalue weighted by atomic mass is 9.74. The Morgan fingerprint density at radius 3 is 2.42 bits per heavy atom. The Morgan fingerprint density at radius 2 is 1.78 bits per heavy atom. The molecule has 0 aliphatic heterocycles. The van der Waals surface area contributed by atoms with Crippen molar-refractivity contribution in [3.63, 3.8) is 0 Å². The topological polar surface area (TPSA) is 86.6 Å². The highest BCUT2D eigenvalue weighted by atomic mass is 32.1. The zero-order valence-electron chi connectivity index (χ0n) is 22.6. The van der Waals surface area contributed by atoms with Gasteiger partial charge in [0.25, 0.3) is 0 Å². The van der Waals surface area contributed by atoms with Crippen LogP contribution in [0.2, 0.25) is 0 Å². The molecule has 1 aliphatic rings. The molecule has 3 rings (SSSR count). The van der Waals surface area contributed by atoms with Crippen molar-refractivity contribution in [1.82, 2.24) is 5.32 Å². The van der Waals surface area contributed by atoms with E-state index in [1.54, 1.807) is 11.3 Å². The van der Waals surface area contributed by atoms with Gasteiger partial charge >= 0.3 is 0 Å². The maximum Gasteiger partial charge on any atom is 0.220 e. The lowest BCUT2D eigenvalue weighted by molar-refractivity contribution is -0.122. The summed E-state index contributed by atoms with van der Waals surface area (Å²) in [6.45, 7) is 10.5. The van der Waals surface area contributed by atoms with Gasteiger partial charge in [-0.25, -0.2) is 0 Å². The minimum Gasteiger partial charge on any atom is -0.394 e. The highest BCUT2D eigenvalue weighted by Crippen LogP contribution is 2.42. The fourth-order valence-electron chi connectivity index (χ4n) is 5.41. The first-order chi connectivity index (χ1) is 17.1. The third-order valence-electron chi connectivity index (χ3n) is 7.54. The Morgan fingerprint density at radius 1 is 1.06 bits per heavy atom. The molecule has 1 aromatic carbocycles. The summed E-state index contributed by atoms with van der Waals surface area (Å²) in [6, 6.07) is 3.74. The molecule has 3 N–H and O–H groups in total. The lowest BCUT2D eigenvalue weighted by Crippen LogP contribution is -2.40. The number of carbonyl (C=O) groups is 2. The second-order valence-electron chi connectivity index (χ2n) is 11.0. The number of fused-ring (bicyclic) bond motifs is 1. The minimum absolute atomic E-state index is 0.173. The Hall–Kier alpha value is -2.02. The number of nitrogens with one attached hydrogen (secondary N) is 1. The number of hydrogen-bond donors (Lipinski definition) is 3. The van der Waals surface area contributed by atoms with Gasteiger partial charge in [0.05, 0.1) is 24.1 Å². The van der Waals surface area contributed by atoms with Gasteiger partial charge in [0.2, 0.25) is 5.91 Å². The smallest absolute Gasteiger partial charge is 0.220 e. The van der Waals surface area contributed by atoms with E-state index >= 15 is 0 Å². The highest BCUT2D eigenvalue weighted by Gasteiger charge is 2.31. The molecule has 1 heterocycles. The summed E-state index contributed by atoms with van der Waals surface area (Å²) in [6.07, 6.45) is 7.25. The van der Waals surface area contributed by atoms with Gasteiger partial charge in [-0.15, -0.1) is 11.3 Å². The highest BCUT2D eigenvalue weighted by molar-refractivity contribution is 7.14. The number of carbonyl (C=O) groups excluding carboxylic acids is 2. The molecule has 1 amide bonds. The third-order valence-corrected chi connectivity index (χ3v) is 9.00. The normalized spacial score (nSPS) is 14.7. The second-order valence-corrected chi connectivity index (χ2v) is 12.1. The van der Waals surface area contributed by atoms with E-state index in [0.717, 1.165) is 49.0 Å². The summed E-state index contributed by atoms with van der Waals surface area (Å²) >= 11 is 1.73. The van der Waals surface area contributed by atoms with Crippen molar-refractivity contribution < 1.29 is 19.8 Å². The number of thiophene rings is 1. The van der Waals surface area contributed by atoms with E-state index in [1.165, 1.54) is 32.7 Å². The summed E-state index contributed by atoms with van der Waals surface area (Å²) in [4.78, 5) is 27.9. The average Bonchev–Trinajstić information content (AvgIpc) is 3.21. The van der Waals surface area contributed by atoms with Gasteiger partial charge in [-0.1, -0.05) is 39.8 Å². The molecule has 0 fully saturated rings. The van der Waals surface area contributed by atoms with Crippen LogP contribution in [0.4, 0.5) is 0 Å². The molecule has 6 heteroatoms. The molecule has 36 heavy (non-hydrogen) atoms. The van der Waals surface area contributed by atoms with E-state index in [-0.39, 0.29) is 24.9 Å². The molecular formula is C30H43NO4S. The SMILES string of the molecule is CCc1cc(CCC(=O)c2sc(CC)c3c2CCC(C)(C)C3)cc(C)c1CCC(=O)NC(CO)CO. The van der Waals surface area contributed by atoms with E-state index in [1.807, 2.05) is 0 Å². The molecule has 2 aromatic rings. The second kappa shape index (κ2) is 12.5. The number of aliphatic hydroxyl groups excluding tert-OH is 2. The van der Waals surface area contributed by atoms with Crippen LogP contribution in [-0.4, -0.2) is 41.2 Å². The predicted octanol–water partition coefficient (Wildman–Crippen LogP) is 4.91. The lowest BCUT2D eigenvalue weighted by Gasteiger charge is -2.30. The van der Waals surface area contributed by atoms with E-state index in [4.69, 9.17) is 0 Å². The number of hydrogen-bond acceptors (Lipinski definition) is 5.